The summed E-state index contributed by atoms with van der Waals surface area (Å²) in [5.41, 5.74) is 7.08. The van der Waals surface area contributed by atoms with E-state index in [1.807, 2.05) is 12.1 Å². The van der Waals surface area contributed by atoms with Crippen molar-refractivity contribution in [1.82, 2.24) is 0 Å². The first-order chi connectivity index (χ1) is 6.70. The molecule has 3 heteroatoms. The highest BCUT2D eigenvalue weighted by molar-refractivity contribution is 5.89. The summed E-state index contributed by atoms with van der Waals surface area (Å²) in [5.74, 6) is -0.410. The standard InChI is InChI=1S/C11H13NO2/c12-10(7-5-6-7)8-3-1-2-4-9(8)11(13)14/h1-4,7,10H,5-6,12H2,(H,13,14). The topological polar surface area (TPSA) is 63.3 Å². The SMILES string of the molecule is NC(c1ccccc1C(=O)O)C1CC1. The Balaban J connectivity index is 2.34. The lowest BCUT2D eigenvalue weighted by Gasteiger charge is -2.13. The highest BCUT2D eigenvalue weighted by Gasteiger charge is 2.31. The maximum atomic E-state index is 10.9. The van der Waals surface area contributed by atoms with Crippen LogP contribution in [0, 0.1) is 5.92 Å². The first-order valence-electron chi connectivity index (χ1n) is 4.78. The van der Waals surface area contributed by atoms with Crippen LogP contribution in [0.1, 0.15) is 34.8 Å². The van der Waals surface area contributed by atoms with Gasteiger partial charge in [0, 0.05) is 6.04 Å². The van der Waals surface area contributed by atoms with Crippen LogP contribution < -0.4 is 5.73 Å². The molecule has 0 heterocycles. The van der Waals surface area contributed by atoms with Gasteiger partial charge in [0.15, 0.2) is 0 Å². The van der Waals surface area contributed by atoms with Crippen LogP contribution >= 0.6 is 0 Å². The maximum absolute atomic E-state index is 10.9. The Morgan fingerprint density at radius 3 is 2.64 bits per heavy atom. The van der Waals surface area contributed by atoms with Crippen LogP contribution in [0.2, 0.25) is 0 Å². The van der Waals surface area contributed by atoms with Crippen molar-refractivity contribution in [2.24, 2.45) is 11.7 Å². The first kappa shape index (κ1) is 9.21. The number of carbonyl (C=O) groups is 1. The monoisotopic (exact) mass is 191 g/mol. The van der Waals surface area contributed by atoms with E-state index in [0.717, 1.165) is 18.4 Å². The van der Waals surface area contributed by atoms with Crippen LogP contribution in [0.15, 0.2) is 24.3 Å². The second-order valence-corrected chi connectivity index (χ2v) is 3.76. The van der Waals surface area contributed by atoms with Gasteiger partial charge in [-0.1, -0.05) is 18.2 Å². The van der Waals surface area contributed by atoms with E-state index in [1.54, 1.807) is 12.1 Å². The van der Waals surface area contributed by atoms with Gasteiger partial charge in [0.05, 0.1) is 5.56 Å². The summed E-state index contributed by atoms with van der Waals surface area (Å²) in [6.45, 7) is 0. The normalized spacial score (nSPS) is 17.8. The summed E-state index contributed by atoms with van der Waals surface area (Å²) < 4.78 is 0. The first-order valence-corrected chi connectivity index (χ1v) is 4.78. The molecular formula is C11H13NO2. The Labute approximate surface area is 82.5 Å². The Morgan fingerprint density at radius 1 is 1.43 bits per heavy atom. The third-order valence-corrected chi connectivity index (χ3v) is 2.68. The molecular weight excluding hydrogens is 178 g/mol. The molecule has 0 aromatic heterocycles. The van der Waals surface area contributed by atoms with Gasteiger partial charge in [-0.3, -0.25) is 0 Å². The summed E-state index contributed by atoms with van der Waals surface area (Å²) in [6.07, 6.45) is 2.24. The van der Waals surface area contributed by atoms with Crippen LogP contribution in [0.4, 0.5) is 0 Å². The number of carboxylic acid groups (broad SMARTS) is 1. The number of hydrogen-bond acceptors (Lipinski definition) is 2. The summed E-state index contributed by atoms with van der Waals surface area (Å²) in [6, 6.07) is 6.88. The Bertz CT molecular complexity index is 358. The van der Waals surface area contributed by atoms with Crippen LogP contribution in [0.3, 0.4) is 0 Å². The molecule has 1 aromatic carbocycles. The van der Waals surface area contributed by atoms with Gasteiger partial charge >= 0.3 is 5.97 Å². The summed E-state index contributed by atoms with van der Waals surface area (Å²) >= 11 is 0. The fourth-order valence-corrected chi connectivity index (χ4v) is 1.69. The van der Waals surface area contributed by atoms with Crippen molar-refractivity contribution in [3.05, 3.63) is 35.4 Å². The molecule has 2 rings (SSSR count). The van der Waals surface area contributed by atoms with Gasteiger partial charge in [0.2, 0.25) is 0 Å². The Morgan fingerprint density at radius 2 is 2.07 bits per heavy atom. The quantitative estimate of drug-likeness (QED) is 0.765. The lowest BCUT2D eigenvalue weighted by atomic mass is 9.98. The van der Waals surface area contributed by atoms with Gasteiger partial charge < -0.3 is 10.8 Å². The zero-order chi connectivity index (χ0) is 10.1. The van der Waals surface area contributed by atoms with E-state index in [2.05, 4.69) is 0 Å². The molecule has 0 bridgehead atoms. The van der Waals surface area contributed by atoms with Crippen molar-refractivity contribution in [2.45, 2.75) is 18.9 Å². The van der Waals surface area contributed by atoms with E-state index < -0.39 is 5.97 Å². The van der Waals surface area contributed by atoms with Gasteiger partial charge in [0.25, 0.3) is 0 Å². The van der Waals surface area contributed by atoms with E-state index in [9.17, 15) is 4.79 Å². The number of hydrogen-bond donors (Lipinski definition) is 2. The highest BCUT2D eigenvalue weighted by atomic mass is 16.4. The smallest absolute Gasteiger partial charge is 0.336 e. The van der Waals surface area contributed by atoms with Gasteiger partial charge in [-0.25, -0.2) is 4.79 Å². The molecule has 3 N–H and O–H groups in total. The van der Waals surface area contributed by atoms with Crippen molar-refractivity contribution in [2.75, 3.05) is 0 Å². The lowest BCUT2D eigenvalue weighted by molar-refractivity contribution is 0.0695. The molecule has 0 spiro atoms. The molecule has 14 heavy (non-hydrogen) atoms. The summed E-state index contributed by atoms with van der Waals surface area (Å²) in [5, 5.41) is 8.96. The zero-order valence-corrected chi connectivity index (χ0v) is 7.81. The Hall–Kier alpha value is -1.35. The minimum Gasteiger partial charge on any atom is -0.478 e. The second kappa shape index (κ2) is 3.42. The number of benzene rings is 1. The average molecular weight is 191 g/mol. The summed E-state index contributed by atoms with van der Waals surface area (Å²) in [7, 11) is 0. The van der Waals surface area contributed by atoms with Gasteiger partial charge in [-0.05, 0) is 30.4 Å². The van der Waals surface area contributed by atoms with Gasteiger partial charge in [-0.15, -0.1) is 0 Å². The highest BCUT2D eigenvalue weighted by Crippen LogP contribution is 2.40. The van der Waals surface area contributed by atoms with Gasteiger partial charge in [0.1, 0.15) is 0 Å². The van der Waals surface area contributed by atoms with Crippen LogP contribution in [0.5, 0.6) is 0 Å². The molecule has 1 aliphatic carbocycles. The molecule has 1 aromatic rings. The molecule has 1 fully saturated rings. The van der Waals surface area contributed by atoms with Gasteiger partial charge in [-0.2, -0.15) is 0 Å². The molecule has 3 nitrogen and oxygen atoms in total. The van der Waals surface area contributed by atoms with Crippen molar-refractivity contribution < 1.29 is 9.90 Å². The molecule has 1 atom stereocenters. The number of aromatic carboxylic acids is 1. The third kappa shape index (κ3) is 1.63. The van der Waals surface area contributed by atoms with E-state index in [-0.39, 0.29) is 6.04 Å². The number of rotatable bonds is 3. The predicted molar refractivity (Wildman–Crippen MR) is 53.1 cm³/mol. The second-order valence-electron chi connectivity index (χ2n) is 3.76. The molecule has 0 amide bonds. The van der Waals surface area contributed by atoms with E-state index in [1.165, 1.54) is 0 Å². The van der Waals surface area contributed by atoms with Crippen LogP contribution in [-0.4, -0.2) is 11.1 Å². The average Bonchev–Trinajstić information content (AvgIpc) is 3.00. The number of nitrogens with two attached hydrogens (primary N) is 1. The predicted octanol–water partition coefficient (Wildman–Crippen LogP) is 1.79. The molecule has 0 aliphatic heterocycles. The molecule has 1 unspecified atom stereocenters. The van der Waals surface area contributed by atoms with E-state index >= 15 is 0 Å². The fourth-order valence-electron chi connectivity index (χ4n) is 1.69. The minimum atomic E-state index is -0.892. The van der Waals surface area contributed by atoms with E-state index in [0.29, 0.717) is 11.5 Å². The molecule has 74 valence electrons. The fraction of sp³-hybridized carbons (Fsp3) is 0.364. The summed E-state index contributed by atoms with van der Waals surface area (Å²) in [4.78, 5) is 10.9. The lowest BCUT2D eigenvalue weighted by Crippen LogP contribution is -2.16. The largest absolute Gasteiger partial charge is 0.478 e. The van der Waals surface area contributed by atoms with Crippen molar-refractivity contribution in [3.63, 3.8) is 0 Å². The van der Waals surface area contributed by atoms with E-state index in [4.69, 9.17) is 10.8 Å². The molecule has 0 radical (unpaired) electrons. The maximum Gasteiger partial charge on any atom is 0.336 e. The van der Waals surface area contributed by atoms with Crippen molar-refractivity contribution in [3.8, 4) is 0 Å². The zero-order valence-electron chi connectivity index (χ0n) is 7.81. The molecule has 1 saturated carbocycles. The van der Waals surface area contributed by atoms with Crippen molar-refractivity contribution >= 4 is 5.97 Å². The van der Waals surface area contributed by atoms with Crippen LogP contribution in [0.25, 0.3) is 0 Å². The molecule has 0 saturated heterocycles. The molecule has 1 aliphatic rings. The number of carboxylic acids is 1. The third-order valence-electron chi connectivity index (χ3n) is 2.68. The van der Waals surface area contributed by atoms with Crippen molar-refractivity contribution in [1.29, 1.82) is 0 Å². The van der Waals surface area contributed by atoms with Crippen LogP contribution in [-0.2, 0) is 0 Å². The Kier molecular flexibility index (Phi) is 2.25. The minimum absolute atomic E-state index is 0.109.